The fourth-order valence-corrected chi connectivity index (χ4v) is 2.47. The van der Waals surface area contributed by atoms with Crippen molar-refractivity contribution in [3.63, 3.8) is 0 Å². The lowest BCUT2D eigenvalue weighted by atomic mass is 10.1. The molecule has 0 saturated carbocycles. The minimum Gasteiger partial charge on any atom is -0.497 e. The highest BCUT2D eigenvalue weighted by Crippen LogP contribution is 2.27. The molecule has 0 aliphatic heterocycles. The van der Waals surface area contributed by atoms with Crippen LogP contribution in [0.2, 0.25) is 5.02 Å². The van der Waals surface area contributed by atoms with E-state index in [9.17, 15) is 0 Å². The molecule has 0 aliphatic carbocycles. The predicted molar refractivity (Wildman–Crippen MR) is 88.9 cm³/mol. The van der Waals surface area contributed by atoms with Crippen LogP contribution in [0.1, 0.15) is 12.5 Å². The summed E-state index contributed by atoms with van der Waals surface area (Å²) in [4.78, 5) is 0. The number of nitrogens with one attached hydrogen (secondary N) is 1. The first-order valence-electron chi connectivity index (χ1n) is 6.43. The zero-order valence-corrected chi connectivity index (χ0v) is 13.8. The van der Waals surface area contributed by atoms with Crippen LogP contribution in [-0.4, -0.2) is 13.2 Å². The quantitative estimate of drug-likeness (QED) is 0.801. The van der Waals surface area contributed by atoms with Gasteiger partial charge >= 0.3 is 0 Å². The molecule has 0 fully saturated rings. The van der Waals surface area contributed by atoms with Gasteiger partial charge in [-0.25, -0.2) is 0 Å². The Morgan fingerprint density at radius 3 is 2.55 bits per heavy atom. The van der Waals surface area contributed by atoms with Gasteiger partial charge in [-0.3, -0.25) is 0 Å². The molecule has 106 valence electrons. The van der Waals surface area contributed by atoms with E-state index in [0.29, 0.717) is 5.02 Å². The molecule has 0 radical (unpaired) electrons. The van der Waals surface area contributed by atoms with Gasteiger partial charge in [-0.15, -0.1) is 0 Å². The Balaban J connectivity index is 2.04. The van der Waals surface area contributed by atoms with Gasteiger partial charge in [-0.2, -0.15) is 0 Å². The van der Waals surface area contributed by atoms with E-state index >= 15 is 0 Å². The number of halogens is 2. The highest BCUT2D eigenvalue weighted by atomic mass is 79.9. The highest BCUT2D eigenvalue weighted by molar-refractivity contribution is 9.10. The van der Waals surface area contributed by atoms with Crippen LogP contribution < -0.4 is 10.1 Å². The molecule has 0 amide bonds. The first kappa shape index (κ1) is 15.2. The lowest BCUT2D eigenvalue weighted by Crippen LogP contribution is -2.18. The summed E-state index contributed by atoms with van der Waals surface area (Å²) in [6.45, 7) is 2.14. The third-order valence-electron chi connectivity index (χ3n) is 3.03. The molecule has 0 aromatic heterocycles. The number of anilines is 1. The summed E-state index contributed by atoms with van der Waals surface area (Å²) in [5.41, 5.74) is 2.18. The molecule has 1 unspecified atom stereocenters. The first-order valence-corrected chi connectivity index (χ1v) is 7.60. The Morgan fingerprint density at radius 1 is 1.20 bits per heavy atom. The Hall–Kier alpha value is -1.19. The van der Waals surface area contributed by atoms with Crippen LogP contribution in [-0.2, 0) is 6.42 Å². The van der Waals surface area contributed by atoms with Gasteiger partial charge in [0.05, 0.1) is 17.8 Å². The fourth-order valence-electron chi connectivity index (χ4n) is 2.03. The van der Waals surface area contributed by atoms with Crippen molar-refractivity contribution < 1.29 is 4.74 Å². The maximum absolute atomic E-state index is 6.20. The minimum absolute atomic E-state index is 0.279. The lowest BCUT2D eigenvalue weighted by molar-refractivity contribution is 0.415. The van der Waals surface area contributed by atoms with Crippen molar-refractivity contribution in [2.75, 3.05) is 12.4 Å². The summed E-state index contributed by atoms with van der Waals surface area (Å²) in [6, 6.07) is 14.2. The normalized spacial score (nSPS) is 12.0. The summed E-state index contributed by atoms with van der Waals surface area (Å²) in [5, 5.41) is 4.13. The zero-order chi connectivity index (χ0) is 14.5. The summed E-state index contributed by atoms with van der Waals surface area (Å²) < 4.78 is 6.31. The van der Waals surface area contributed by atoms with Crippen molar-refractivity contribution >= 4 is 33.2 Å². The Labute approximate surface area is 133 Å². The average Bonchev–Trinajstić information content (AvgIpc) is 2.44. The molecule has 0 spiro atoms. The first-order chi connectivity index (χ1) is 9.58. The summed E-state index contributed by atoms with van der Waals surface area (Å²) in [7, 11) is 1.65. The molecule has 20 heavy (non-hydrogen) atoms. The minimum atomic E-state index is 0.279. The summed E-state index contributed by atoms with van der Waals surface area (Å²) in [6.07, 6.45) is 0.931. The molecule has 4 heteroatoms. The molecule has 2 aromatic carbocycles. The second kappa shape index (κ2) is 7.00. The van der Waals surface area contributed by atoms with E-state index in [2.05, 4.69) is 52.4 Å². The maximum atomic E-state index is 6.20. The van der Waals surface area contributed by atoms with E-state index in [0.717, 1.165) is 22.3 Å². The second-order valence-electron chi connectivity index (χ2n) is 4.72. The fraction of sp³-hybridized carbons (Fsp3) is 0.250. The topological polar surface area (TPSA) is 21.3 Å². The number of hydrogen-bond donors (Lipinski definition) is 1. The van der Waals surface area contributed by atoms with Crippen LogP contribution in [0.5, 0.6) is 5.75 Å². The van der Waals surface area contributed by atoms with Crippen molar-refractivity contribution in [2.24, 2.45) is 0 Å². The smallest absolute Gasteiger partial charge is 0.121 e. The van der Waals surface area contributed by atoms with Crippen LogP contribution >= 0.6 is 27.5 Å². The third-order valence-corrected chi connectivity index (χ3v) is 3.89. The second-order valence-corrected chi connectivity index (χ2v) is 6.04. The predicted octanol–water partition coefficient (Wildman–Crippen LogP) is 5.15. The van der Waals surface area contributed by atoms with Crippen molar-refractivity contribution in [1.82, 2.24) is 0 Å². The Bertz CT molecular complexity index is 571. The van der Waals surface area contributed by atoms with E-state index in [-0.39, 0.29) is 6.04 Å². The van der Waals surface area contributed by atoms with Gasteiger partial charge < -0.3 is 10.1 Å². The monoisotopic (exact) mass is 353 g/mol. The van der Waals surface area contributed by atoms with Crippen LogP contribution in [0.15, 0.2) is 46.9 Å². The highest BCUT2D eigenvalue weighted by Gasteiger charge is 2.07. The molecule has 0 aliphatic rings. The maximum Gasteiger partial charge on any atom is 0.121 e. The van der Waals surface area contributed by atoms with Gasteiger partial charge in [0.2, 0.25) is 0 Å². The van der Waals surface area contributed by atoms with E-state index in [1.807, 2.05) is 18.2 Å². The number of benzene rings is 2. The van der Waals surface area contributed by atoms with Gasteiger partial charge in [-0.1, -0.05) is 39.7 Å². The number of methoxy groups -OCH3 is 1. The number of ether oxygens (including phenoxy) is 1. The summed E-state index contributed by atoms with van der Waals surface area (Å²) in [5.74, 6) is 0.799. The lowest BCUT2D eigenvalue weighted by Gasteiger charge is -2.17. The molecule has 2 rings (SSSR count). The Kier molecular flexibility index (Phi) is 5.32. The SMILES string of the molecule is COc1ccc(Cl)c(NC(C)Cc2ccc(Br)cc2)c1. The van der Waals surface area contributed by atoms with Gasteiger partial charge in [0.25, 0.3) is 0 Å². The zero-order valence-electron chi connectivity index (χ0n) is 11.5. The van der Waals surface area contributed by atoms with Gasteiger partial charge in [0, 0.05) is 16.6 Å². The van der Waals surface area contributed by atoms with Crippen molar-refractivity contribution in [3.8, 4) is 5.75 Å². The van der Waals surface area contributed by atoms with E-state index in [1.54, 1.807) is 7.11 Å². The number of hydrogen-bond acceptors (Lipinski definition) is 2. The molecule has 0 saturated heterocycles. The van der Waals surface area contributed by atoms with Crippen molar-refractivity contribution in [1.29, 1.82) is 0 Å². The molecular weight excluding hydrogens is 338 g/mol. The van der Waals surface area contributed by atoms with Crippen LogP contribution in [0, 0.1) is 0 Å². The van der Waals surface area contributed by atoms with Gasteiger partial charge in [-0.05, 0) is 43.2 Å². The molecule has 2 aromatic rings. The molecule has 2 nitrogen and oxygen atoms in total. The molecular formula is C16H17BrClNO. The van der Waals surface area contributed by atoms with E-state index in [4.69, 9.17) is 16.3 Å². The average molecular weight is 355 g/mol. The molecule has 1 N–H and O–H groups in total. The van der Waals surface area contributed by atoms with Crippen LogP contribution in [0.4, 0.5) is 5.69 Å². The van der Waals surface area contributed by atoms with Gasteiger partial charge in [0.1, 0.15) is 5.75 Å². The largest absolute Gasteiger partial charge is 0.497 e. The molecule has 1 atom stereocenters. The van der Waals surface area contributed by atoms with Crippen LogP contribution in [0.25, 0.3) is 0 Å². The standard InChI is InChI=1S/C16H17BrClNO/c1-11(9-12-3-5-13(17)6-4-12)19-16-10-14(20-2)7-8-15(16)18/h3-8,10-11,19H,9H2,1-2H3. The number of rotatable bonds is 5. The van der Waals surface area contributed by atoms with Gasteiger partial charge in [0.15, 0.2) is 0 Å². The molecule has 0 heterocycles. The molecule has 0 bridgehead atoms. The van der Waals surface area contributed by atoms with E-state index < -0.39 is 0 Å². The summed E-state index contributed by atoms with van der Waals surface area (Å²) >= 11 is 9.64. The van der Waals surface area contributed by atoms with Crippen molar-refractivity contribution in [2.45, 2.75) is 19.4 Å². The van der Waals surface area contributed by atoms with Crippen molar-refractivity contribution in [3.05, 3.63) is 57.5 Å². The van der Waals surface area contributed by atoms with Crippen LogP contribution in [0.3, 0.4) is 0 Å². The Morgan fingerprint density at radius 2 is 1.90 bits per heavy atom. The van der Waals surface area contributed by atoms with E-state index in [1.165, 1.54) is 5.56 Å². The third kappa shape index (κ3) is 4.15.